The topological polar surface area (TPSA) is 32.3 Å². The summed E-state index contributed by atoms with van der Waals surface area (Å²) in [5.41, 5.74) is 1.36. The van der Waals surface area contributed by atoms with Crippen molar-refractivity contribution < 1.29 is 9.18 Å². The predicted molar refractivity (Wildman–Crippen MR) is 125 cm³/mol. The number of rotatable bonds is 6. The maximum absolute atomic E-state index is 14.1. The molecule has 3 aromatic carbocycles. The molecule has 1 heterocycles. The third-order valence-corrected chi connectivity index (χ3v) is 6.96. The second-order valence-electron chi connectivity index (χ2n) is 7.65. The largest absolute Gasteiger partial charge is 0.325 e. The molecule has 4 rings (SSSR count). The number of nitrogens with one attached hydrogen (secondary N) is 1. The summed E-state index contributed by atoms with van der Waals surface area (Å²) in [6.07, 6.45) is 1.48. The molecule has 1 aliphatic heterocycles. The number of hydrogen-bond acceptors (Lipinski definition) is 3. The predicted octanol–water partition coefficient (Wildman–Crippen LogP) is 6.48. The molecule has 0 aromatic heterocycles. The lowest BCUT2D eigenvalue weighted by molar-refractivity contribution is -0.121. The van der Waals surface area contributed by atoms with E-state index in [1.54, 1.807) is 23.9 Å². The first kappa shape index (κ1) is 21.9. The van der Waals surface area contributed by atoms with Crippen LogP contribution in [0.2, 0.25) is 5.02 Å². The van der Waals surface area contributed by atoms with Crippen LogP contribution in [0.25, 0.3) is 0 Å². The summed E-state index contributed by atoms with van der Waals surface area (Å²) in [5.74, 6) is -0.285. The van der Waals surface area contributed by atoms with Gasteiger partial charge in [0.05, 0.1) is 5.69 Å². The molecule has 0 radical (unpaired) electrons. The molecule has 0 unspecified atom stereocenters. The van der Waals surface area contributed by atoms with E-state index in [9.17, 15) is 9.18 Å². The molecule has 1 N–H and O–H groups in total. The van der Waals surface area contributed by atoms with Gasteiger partial charge >= 0.3 is 0 Å². The first-order valence-corrected chi connectivity index (χ1v) is 11.6. The van der Waals surface area contributed by atoms with E-state index in [1.807, 2.05) is 42.5 Å². The van der Waals surface area contributed by atoms with Gasteiger partial charge in [0.15, 0.2) is 0 Å². The third kappa shape index (κ3) is 5.67. The highest BCUT2D eigenvalue weighted by atomic mass is 35.5. The summed E-state index contributed by atoms with van der Waals surface area (Å²) in [6, 6.07) is 22.8. The van der Waals surface area contributed by atoms with Crippen molar-refractivity contribution in [2.75, 3.05) is 18.4 Å². The number of likely N-dealkylation sites (tertiary alicyclic amines) is 1. The highest BCUT2D eigenvalue weighted by molar-refractivity contribution is 7.99. The molecule has 1 fully saturated rings. The Kier molecular flexibility index (Phi) is 7.28. The van der Waals surface area contributed by atoms with Gasteiger partial charge in [-0.2, -0.15) is 0 Å². The minimum atomic E-state index is -0.278. The minimum Gasteiger partial charge on any atom is -0.325 e. The van der Waals surface area contributed by atoms with E-state index in [0.717, 1.165) is 41.4 Å². The maximum atomic E-state index is 14.1. The molecule has 0 saturated carbocycles. The zero-order valence-corrected chi connectivity index (χ0v) is 18.6. The molecule has 3 aromatic rings. The van der Waals surface area contributed by atoms with Crippen LogP contribution in [-0.2, 0) is 11.3 Å². The normalized spacial score (nSPS) is 15.0. The Labute approximate surface area is 191 Å². The second kappa shape index (κ2) is 10.3. The molecule has 160 valence electrons. The van der Waals surface area contributed by atoms with Crippen LogP contribution >= 0.6 is 23.4 Å². The van der Waals surface area contributed by atoms with E-state index in [0.29, 0.717) is 17.1 Å². The lowest BCUT2D eigenvalue weighted by Crippen LogP contribution is -2.38. The molecule has 1 aliphatic rings. The molecule has 31 heavy (non-hydrogen) atoms. The number of nitrogens with zero attached hydrogens (tertiary/aromatic N) is 1. The maximum Gasteiger partial charge on any atom is 0.227 e. The van der Waals surface area contributed by atoms with Gasteiger partial charge < -0.3 is 5.32 Å². The Balaban J connectivity index is 1.35. The van der Waals surface area contributed by atoms with Crippen LogP contribution in [0, 0.1) is 11.7 Å². The Morgan fingerprint density at radius 1 is 1.00 bits per heavy atom. The second-order valence-corrected chi connectivity index (χ2v) is 9.17. The first-order chi connectivity index (χ1) is 15.1. The number of carbonyl (C=O) groups is 1. The van der Waals surface area contributed by atoms with Gasteiger partial charge in [0.2, 0.25) is 5.91 Å². The van der Waals surface area contributed by atoms with Crippen LogP contribution in [0.4, 0.5) is 10.1 Å². The molecule has 0 aliphatic carbocycles. The lowest BCUT2D eigenvalue weighted by atomic mass is 9.95. The molecular weight excluding hydrogens is 431 g/mol. The fourth-order valence-corrected chi connectivity index (χ4v) is 4.92. The minimum absolute atomic E-state index is 0.0460. The fraction of sp³-hybridized carbons (Fsp3) is 0.240. The standard InChI is InChI=1S/C25H24ClFN2OS/c26-21-9-6-10-22(27)20(21)17-29-15-13-18(14-16-29)25(30)28-23-11-4-5-12-24(23)31-19-7-2-1-3-8-19/h1-12,18H,13-17H2,(H,28,30). The molecule has 3 nitrogen and oxygen atoms in total. The van der Waals surface area contributed by atoms with Gasteiger partial charge in [-0.25, -0.2) is 4.39 Å². The average Bonchev–Trinajstić information content (AvgIpc) is 2.79. The van der Waals surface area contributed by atoms with Crippen molar-refractivity contribution in [2.24, 2.45) is 5.92 Å². The third-order valence-electron chi connectivity index (χ3n) is 5.52. The van der Waals surface area contributed by atoms with Crippen LogP contribution in [0.15, 0.2) is 82.6 Å². The highest BCUT2D eigenvalue weighted by Gasteiger charge is 2.26. The van der Waals surface area contributed by atoms with E-state index < -0.39 is 0 Å². The zero-order valence-electron chi connectivity index (χ0n) is 17.1. The van der Waals surface area contributed by atoms with Crippen molar-refractivity contribution in [2.45, 2.75) is 29.2 Å². The average molecular weight is 455 g/mol. The van der Waals surface area contributed by atoms with Gasteiger partial charge in [-0.15, -0.1) is 0 Å². The van der Waals surface area contributed by atoms with Gasteiger partial charge in [0.25, 0.3) is 0 Å². The number of amides is 1. The monoisotopic (exact) mass is 454 g/mol. The van der Waals surface area contributed by atoms with Crippen LogP contribution in [0.3, 0.4) is 0 Å². The SMILES string of the molecule is O=C(Nc1ccccc1Sc1ccccc1)C1CCN(Cc2c(F)cccc2Cl)CC1. The van der Waals surface area contributed by atoms with Crippen molar-refractivity contribution >= 4 is 35.0 Å². The number of piperidine rings is 1. The Morgan fingerprint density at radius 2 is 1.71 bits per heavy atom. The summed E-state index contributed by atoms with van der Waals surface area (Å²) in [5, 5.41) is 3.58. The Morgan fingerprint density at radius 3 is 2.45 bits per heavy atom. The first-order valence-electron chi connectivity index (χ1n) is 10.4. The Bertz CT molecular complexity index is 1020. The highest BCUT2D eigenvalue weighted by Crippen LogP contribution is 2.34. The van der Waals surface area contributed by atoms with E-state index >= 15 is 0 Å². The van der Waals surface area contributed by atoms with Crippen molar-refractivity contribution in [3.05, 3.63) is 89.2 Å². The summed E-state index contributed by atoms with van der Waals surface area (Å²) < 4.78 is 14.1. The summed E-state index contributed by atoms with van der Waals surface area (Å²) in [4.78, 5) is 17.2. The van der Waals surface area contributed by atoms with Gasteiger partial charge in [0.1, 0.15) is 5.82 Å². The number of halogens is 2. The number of anilines is 1. The van der Waals surface area contributed by atoms with E-state index in [2.05, 4.69) is 22.3 Å². The van der Waals surface area contributed by atoms with Crippen LogP contribution in [-0.4, -0.2) is 23.9 Å². The number of benzene rings is 3. The summed E-state index contributed by atoms with van der Waals surface area (Å²) in [6.45, 7) is 1.95. The molecule has 0 bridgehead atoms. The summed E-state index contributed by atoms with van der Waals surface area (Å²) in [7, 11) is 0. The van der Waals surface area contributed by atoms with Crippen molar-refractivity contribution in [1.82, 2.24) is 4.90 Å². The molecule has 0 atom stereocenters. The number of carbonyl (C=O) groups excluding carboxylic acids is 1. The molecular formula is C25H24ClFN2OS. The quantitative estimate of drug-likeness (QED) is 0.462. The Hall–Kier alpha value is -2.34. The molecule has 0 spiro atoms. The zero-order chi connectivity index (χ0) is 21.6. The van der Waals surface area contributed by atoms with Crippen LogP contribution in [0.5, 0.6) is 0 Å². The molecule has 6 heteroatoms. The smallest absolute Gasteiger partial charge is 0.227 e. The van der Waals surface area contributed by atoms with E-state index in [-0.39, 0.29) is 17.6 Å². The van der Waals surface area contributed by atoms with E-state index in [4.69, 9.17) is 11.6 Å². The van der Waals surface area contributed by atoms with Gasteiger partial charge in [-0.1, -0.05) is 59.8 Å². The van der Waals surface area contributed by atoms with Crippen molar-refractivity contribution in [3.8, 4) is 0 Å². The van der Waals surface area contributed by atoms with Crippen LogP contribution < -0.4 is 5.32 Å². The number of para-hydroxylation sites is 1. The summed E-state index contributed by atoms with van der Waals surface area (Å²) >= 11 is 7.79. The van der Waals surface area contributed by atoms with Crippen LogP contribution in [0.1, 0.15) is 18.4 Å². The van der Waals surface area contributed by atoms with E-state index in [1.165, 1.54) is 6.07 Å². The van der Waals surface area contributed by atoms with Crippen molar-refractivity contribution in [3.63, 3.8) is 0 Å². The lowest BCUT2D eigenvalue weighted by Gasteiger charge is -2.31. The number of hydrogen-bond donors (Lipinski definition) is 1. The van der Waals surface area contributed by atoms with Crippen molar-refractivity contribution in [1.29, 1.82) is 0 Å². The van der Waals surface area contributed by atoms with Gasteiger partial charge in [0, 0.05) is 32.8 Å². The fourth-order valence-electron chi connectivity index (χ4n) is 3.77. The molecule has 1 amide bonds. The van der Waals surface area contributed by atoms with Gasteiger partial charge in [-0.05, 0) is 62.3 Å². The van der Waals surface area contributed by atoms with Gasteiger partial charge in [-0.3, -0.25) is 9.69 Å². The molecule has 1 saturated heterocycles.